The number of nitrogens with zero attached hydrogens (tertiary/aromatic N) is 4. The summed E-state index contributed by atoms with van der Waals surface area (Å²) in [7, 11) is -3.74. The number of rotatable bonds is 5. The molecule has 0 spiro atoms. The number of allylic oxidation sites excluding steroid dienone is 1. The zero-order valence-electron chi connectivity index (χ0n) is 18.0. The second kappa shape index (κ2) is 9.48. The summed E-state index contributed by atoms with van der Waals surface area (Å²) in [6, 6.07) is 18.1. The minimum Gasteiger partial charge on any atom is -0.444 e. The van der Waals surface area contributed by atoms with E-state index in [0.717, 1.165) is 0 Å². The van der Waals surface area contributed by atoms with E-state index in [1.807, 2.05) is 0 Å². The summed E-state index contributed by atoms with van der Waals surface area (Å²) in [5.41, 5.74) is 0.490. The molecule has 0 bridgehead atoms. The number of hydrogen-bond acceptors (Lipinski definition) is 7. The summed E-state index contributed by atoms with van der Waals surface area (Å²) in [6.45, 7) is -0.124. The highest BCUT2D eigenvalue weighted by Crippen LogP contribution is 2.38. The Morgan fingerprint density at radius 2 is 1.74 bits per heavy atom. The van der Waals surface area contributed by atoms with E-state index in [9.17, 15) is 28.5 Å². The van der Waals surface area contributed by atoms with Gasteiger partial charge in [-0.15, -0.1) is 0 Å². The summed E-state index contributed by atoms with van der Waals surface area (Å²) >= 11 is 0. The predicted octanol–water partition coefficient (Wildman–Crippen LogP) is 2.44. The Bertz CT molecular complexity index is 1340. The van der Waals surface area contributed by atoms with Crippen molar-refractivity contribution in [3.05, 3.63) is 65.7 Å². The van der Waals surface area contributed by atoms with Crippen molar-refractivity contribution in [2.45, 2.75) is 17.7 Å². The molecule has 2 aromatic rings. The van der Waals surface area contributed by atoms with Gasteiger partial charge in [0.2, 0.25) is 10.0 Å². The third-order valence-corrected chi connectivity index (χ3v) is 7.71. The van der Waals surface area contributed by atoms with Crippen molar-refractivity contribution < 1.29 is 22.7 Å². The summed E-state index contributed by atoms with van der Waals surface area (Å²) in [5.74, 6) is -1.90. The molecule has 0 aromatic heterocycles. The zero-order valence-corrected chi connectivity index (χ0v) is 18.9. The lowest BCUT2D eigenvalue weighted by atomic mass is 10.0. The number of anilines is 1. The Hall–Kier alpha value is -3.99. The van der Waals surface area contributed by atoms with Crippen molar-refractivity contribution >= 4 is 33.2 Å². The monoisotopic (exact) mass is 476 g/mol. The molecule has 0 N–H and O–H groups in total. The third-order valence-electron chi connectivity index (χ3n) is 5.83. The maximum Gasteiger partial charge on any atom is 0.312 e. The first-order chi connectivity index (χ1) is 16.4. The second-order valence-electron chi connectivity index (χ2n) is 7.83. The van der Waals surface area contributed by atoms with Gasteiger partial charge in [-0.1, -0.05) is 36.4 Å². The van der Waals surface area contributed by atoms with E-state index in [-0.39, 0.29) is 22.6 Å². The van der Waals surface area contributed by atoms with Crippen LogP contribution in [0.4, 0.5) is 5.69 Å². The van der Waals surface area contributed by atoms with Crippen LogP contribution in [0.15, 0.2) is 65.1 Å². The van der Waals surface area contributed by atoms with E-state index in [4.69, 9.17) is 4.74 Å². The summed E-state index contributed by atoms with van der Waals surface area (Å²) in [5, 5.41) is 18.5. The van der Waals surface area contributed by atoms with Crippen LogP contribution in [0, 0.1) is 28.6 Å². The molecular weight excluding hydrogens is 456 g/mol. The molecule has 10 heteroatoms. The smallest absolute Gasteiger partial charge is 0.312 e. The van der Waals surface area contributed by atoms with Gasteiger partial charge in [0.25, 0.3) is 5.91 Å². The molecule has 1 atom stereocenters. The fourth-order valence-corrected chi connectivity index (χ4v) is 5.67. The van der Waals surface area contributed by atoms with Crippen molar-refractivity contribution in [1.29, 1.82) is 10.5 Å². The number of piperidine rings is 1. The molecule has 1 unspecified atom stereocenters. The standard InChI is InChI=1S/C24H20N4O5S/c25-13-18(14-26)22-20-10-4-5-11-21(20)28(23(22)29)16-33-24(30)17-7-6-12-27(15-17)34(31,32)19-8-2-1-3-9-19/h1-5,8-11,17H,6-7,12,15-16H2. The molecule has 0 saturated carbocycles. The van der Waals surface area contributed by atoms with Crippen LogP contribution in [0.1, 0.15) is 18.4 Å². The van der Waals surface area contributed by atoms with Crippen LogP contribution < -0.4 is 4.90 Å². The molecule has 2 heterocycles. The van der Waals surface area contributed by atoms with E-state index < -0.39 is 34.5 Å². The number of carbonyl (C=O) groups excluding carboxylic acids is 2. The van der Waals surface area contributed by atoms with Gasteiger partial charge in [0.1, 0.15) is 17.7 Å². The van der Waals surface area contributed by atoms with Gasteiger partial charge in [0.15, 0.2) is 6.73 Å². The van der Waals surface area contributed by atoms with Gasteiger partial charge < -0.3 is 4.74 Å². The summed E-state index contributed by atoms with van der Waals surface area (Å²) in [4.78, 5) is 27.1. The minimum absolute atomic E-state index is 0.0151. The summed E-state index contributed by atoms with van der Waals surface area (Å²) < 4.78 is 32.5. The number of carbonyl (C=O) groups is 2. The van der Waals surface area contributed by atoms with Gasteiger partial charge in [-0.2, -0.15) is 14.8 Å². The Labute approximate surface area is 197 Å². The first-order valence-corrected chi connectivity index (χ1v) is 12.0. The highest BCUT2D eigenvalue weighted by molar-refractivity contribution is 7.89. The van der Waals surface area contributed by atoms with E-state index in [1.54, 1.807) is 54.6 Å². The molecule has 0 radical (unpaired) electrons. The molecule has 2 aliphatic rings. The first-order valence-electron chi connectivity index (χ1n) is 10.6. The number of benzene rings is 2. The molecule has 34 heavy (non-hydrogen) atoms. The van der Waals surface area contributed by atoms with Gasteiger partial charge >= 0.3 is 5.97 Å². The van der Waals surface area contributed by atoms with Crippen LogP contribution in [0.3, 0.4) is 0 Å². The van der Waals surface area contributed by atoms with Crippen LogP contribution in [0.2, 0.25) is 0 Å². The second-order valence-corrected chi connectivity index (χ2v) is 9.77. The molecule has 0 aliphatic carbocycles. The maximum atomic E-state index is 12.9. The van der Waals surface area contributed by atoms with Gasteiger partial charge in [0, 0.05) is 18.7 Å². The average Bonchev–Trinajstić information content (AvgIpc) is 3.15. The third kappa shape index (κ3) is 4.17. The van der Waals surface area contributed by atoms with E-state index in [2.05, 4.69) is 0 Å². The van der Waals surface area contributed by atoms with Gasteiger partial charge in [-0.25, -0.2) is 8.42 Å². The van der Waals surface area contributed by atoms with Crippen LogP contribution in [-0.2, 0) is 24.3 Å². The van der Waals surface area contributed by atoms with Crippen molar-refractivity contribution in [3.63, 3.8) is 0 Å². The number of amides is 1. The van der Waals surface area contributed by atoms with E-state index in [0.29, 0.717) is 30.6 Å². The number of para-hydroxylation sites is 1. The molecular formula is C24H20N4O5S. The van der Waals surface area contributed by atoms with Crippen LogP contribution in [0.5, 0.6) is 0 Å². The quantitative estimate of drug-likeness (QED) is 0.368. The molecule has 1 saturated heterocycles. The number of fused-ring (bicyclic) bond motifs is 1. The van der Waals surface area contributed by atoms with Crippen molar-refractivity contribution in [1.82, 2.24) is 4.31 Å². The molecule has 2 aliphatic heterocycles. The lowest BCUT2D eigenvalue weighted by Crippen LogP contribution is -2.43. The molecule has 1 amide bonds. The Morgan fingerprint density at radius 1 is 1.06 bits per heavy atom. The van der Waals surface area contributed by atoms with Crippen molar-refractivity contribution in [2.24, 2.45) is 5.92 Å². The van der Waals surface area contributed by atoms with E-state index in [1.165, 1.54) is 21.3 Å². The van der Waals surface area contributed by atoms with Crippen molar-refractivity contribution in [2.75, 3.05) is 24.7 Å². The fourth-order valence-electron chi connectivity index (χ4n) is 4.13. The molecule has 9 nitrogen and oxygen atoms in total. The lowest BCUT2D eigenvalue weighted by Gasteiger charge is -2.31. The predicted molar refractivity (Wildman–Crippen MR) is 121 cm³/mol. The normalized spacial score (nSPS) is 18.1. The highest BCUT2D eigenvalue weighted by Gasteiger charge is 2.37. The molecule has 1 fully saturated rings. The fraction of sp³-hybridized carbons (Fsp3) is 0.250. The summed E-state index contributed by atoms with van der Waals surface area (Å²) in [6.07, 6.45) is 0.959. The average molecular weight is 477 g/mol. The molecule has 4 rings (SSSR count). The van der Waals surface area contributed by atoms with Gasteiger partial charge in [-0.05, 0) is 31.0 Å². The number of sulfonamides is 1. The topological polar surface area (TPSA) is 132 Å². The minimum atomic E-state index is -3.74. The Kier molecular flexibility index (Phi) is 6.46. The number of esters is 1. The largest absolute Gasteiger partial charge is 0.444 e. The lowest BCUT2D eigenvalue weighted by molar-refractivity contribution is -0.149. The number of nitriles is 2. The molecule has 2 aromatic carbocycles. The van der Waals surface area contributed by atoms with Crippen LogP contribution >= 0.6 is 0 Å². The Balaban J connectivity index is 1.48. The highest BCUT2D eigenvalue weighted by atomic mass is 32.2. The zero-order chi connectivity index (χ0) is 24.3. The van der Waals surface area contributed by atoms with E-state index >= 15 is 0 Å². The van der Waals surface area contributed by atoms with Crippen LogP contribution in [-0.4, -0.2) is 44.4 Å². The maximum absolute atomic E-state index is 12.9. The van der Waals surface area contributed by atoms with Crippen molar-refractivity contribution in [3.8, 4) is 12.1 Å². The van der Waals surface area contributed by atoms with Crippen LogP contribution in [0.25, 0.3) is 5.57 Å². The van der Waals surface area contributed by atoms with Gasteiger partial charge in [-0.3, -0.25) is 14.5 Å². The number of hydrogen-bond donors (Lipinski definition) is 0. The number of ether oxygens (including phenoxy) is 1. The van der Waals surface area contributed by atoms with Gasteiger partial charge in [0.05, 0.1) is 22.1 Å². The first kappa shape index (κ1) is 23.2. The molecule has 172 valence electrons. The Morgan fingerprint density at radius 3 is 2.44 bits per heavy atom. The SMILES string of the molecule is N#CC(C#N)=C1C(=O)N(COC(=O)C2CCCN(S(=O)(=O)c3ccccc3)C2)c2ccccc21.